The first-order valence-electron chi connectivity index (χ1n) is 9.56. The Morgan fingerprint density at radius 2 is 1.65 bits per heavy atom. The number of amides is 2. The quantitative estimate of drug-likeness (QED) is 0.654. The lowest BCUT2D eigenvalue weighted by molar-refractivity contribution is -0.127. The van der Waals surface area contributed by atoms with Crippen LogP contribution in [-0.4, -0.2) is 42.4 Å². The van der Waals surface area contributed by atoms with Gasteiger partial charge in [0, 0.05) is 13.1 Å². The number of hydrogen-bond donors (Lipinski definition) is 3. The van der Waals surface area contributed by atoms with Crippen molar-refractivity contribution < 1.29 is 9.59 Å². The van der Waals surface area contributed by atoms with Gasteiger partial charge in [-0.1, -0.05) is 44.5 Å². The first-order chi connectivity index (χ1) is 12.5. The Morgan fingerprint density at radius 3 is 2.27 bits per heavy atom. The maximum Gasteiger partial charge on any atom is 0.239 e. The fourth-order valence-electron chi connectivity index (χ4n) is 2.99. The highest BCUT2D eigenvalue weighted by Gasteiger charge is 2.17. The molecule has 0 unspecified atom stereocenters. The van der Waals surface area contributed by atoms with Gasteiger partial charge in [0.2, 0.25) is 11.8 Å². The number of benzene rings is 1. The second kappa shape index (κ2) is 10.3. The molecule has 26 heavy (non-hydrogen) atoms. The number of nitrogens with one attached hydrogen (secondary N) is 2. The zero-order valence-corrected chi connectivity index (χ0v) is 16.0. The molecule has 1 aliphatic heterocycles. The Morgan fingerprint density at radius 1 is 1.04 bits per heavy atom. The summed E-state index contributed by atoms with van der Waals surface area (Å²) in [4.78, 5) is 26.1. The van der Waals surface area contributed by atoms with Crippen LogP contribution in [-0.2, 0) is 22.7 Å². The largest absolute Gasteiger partial charge is 0.350 e. The summed E-state index contributed by atoms with van der Waals surface area (Å²) in [5.74, 6) is -0.467. The van der Waals surface area contributed by atoms with E-state index in [1.165, 1.54) is 37.9 Å². The van der Waals surface area contributed by atoms with Gasteiger partial charge >= 0.3 is 0 Å². The van der Waals surface area contributed by atoms with E-state index in [0.717, 1.165) is 12.1 Å². The van der Waals surface area contributed by atoms with Crippen LogP contribution in [0.25, 0.3) is 0 Å². The van der Waals surface area contributed by atoms with E-state index in [4.69, 9.17) is 5.73 Å². The zero-order valence-electron chi connectivity index (χ0n) is 16.0. The van der Waals surface area contributed by atoms with Crippen molar-refractivity contribution in [1.29, 1.82) is 0 Å². The SMILES string of the molecule is CC(C)[C@H](N)C(=O)NCC(=O)NCc1ccc(CN2CCCCC2)cc1. The van der Waals surface area contributed by atoms with Crippen LogP contribution >= 0.6 is 0 Å². The van der Waals surface area contributed by atoms with Gasteiger partial charge in [-0.15, -0.1) is 0 Å². The van der Waals surface area contributed by atoms with Crippen LogP contribution in [0.1, 0.15) is 44.2 Å². The van der Waals surface area contributed by atoms with Crippen LogP contribution in [0.5, 0.6) is 0 Å². The third kappa shape index (κ3) is 6.77. The van der Waals surface area contributed by atoms with E-state index in [9.17, 15) is 9.59 Å². The number of piperidine rings is 1. The number of nitrogens with two attached hydrogens (primary N) is 1. The van der Waals surface area contributed by atoms with Crippen LogP contribution in [0.2, 0.25) is 0 Å². The van der Waals surface area contributed by atoms with Crippen molar-refractivity contribution >= 4 is 11.8 Å². The Hall–Kier alpha value is -1.92. The van der Waals surface area contributed by atoms with Gasteiger partial charge in [0.05, 0.1) is 12.6 Å². The number of carbonyl (C=O) groups excluding carboxylic acids is 2. The lowest BCUT2D eigenvalue weighted by atomic mass is 10.1. The first-order valence-corrected chi connectivity index (χ1v) is 9.56. The van der Waals surface area contributed by atoms with E-state index >= 15 is 0 Å². The number of likely N-dealkylation sites (tertiary alicyclic amines) is 1. The van der Waals surface area contributed by atoms with Crippen LogP contribution in [0, 0.1) is 5.92 Å². The van der Waals surface area contributed by atoms with Gasteiger partial charge in [0.15, 0.2) is 0 Å². The highest BCUT2D eigenvalue weighted by Crippen LogP contribution is 2.13. The van der Waals surface area contributed by atoms with Gasteiger partial charge in [0.1, 0.15) is 0 Å². The van der Waals surface area contributed by atoms with E-state index in [1.54, 1.807) is 0 Å². The summed E-state index contributed by atoms with van der Waals surface area (Å²) in [5.41, 5.74) is 8.10. The molecule has 0 spiro atoms. The molecule has 2 rings (SSSR count). The summed E-state index contributed by atoms with van der Waals surface area (Å²) < 4.78 is 0. The minimum atomic E-state index is -0.588. The summed E-state index contributed by atoms with van der Waals surface area (Å²) in [6.45, 7) is 7.52. The molecule has 0 aliphatic carbocycles. The molecule has 0 aromatic heterocycles. The zero-order chi connectivity index (χ0) is 18.9. The molecule has 1 aliphatic rings. The van der Waals surface area contributed by atoms with Gasteiger partial charge in [-0.2, -0.15) is 0 Å². The molecule has 1 aromatic rings. The smallest absolute Gasteiger partial charge is 0.239 e. The molecule has 1 saturated heterocycles. The Bertz CT molecular complexity index is 580. The molecular weight excluding hydrogens is 328 g/mol. The molecule has 6 nitrogen and oxygen atoms in total. The molecule has 4 N–H and O–H groups in total. The average Bonchev–Trinajstić information content (AvgIpc) is 2.65. The topological polar surface area (TPSA) is 87.5 Å². The van der Waals surface area contributed by atoms with Crippen molar-refractivity contribution in [3.05, 3.63) is 35.4 Å². The fourth-order valence-corrected chi connectivity index (χ4v) is 2.99. The molecule has 0 bridgehead atoms. The fraction of sp³-hybridized carbons (Fsp3) is 0.600. The van der Waals surface area contributed by atoms with E-state index < -0.39 is 6.04 Å². The van der Waals surface area contributed by atoms with Gasteiger partial charge in [0.25, 0.3) is 0 Å². The summed E-state index contributed by atoms with van der Waals surface area (Å²) in [6.07, 6.45) is 3.93. The number of rotatable bonds is 8. The Labute approximate surface area is 156 Å². The standard InChI is InChI=1S/C20H32N4O2/c1-15(2)19(21)20(26)23-13-18(25)22-12-16-6-8-17(9-7-16)14-24-10-4-3-5-11-24/h6-9,15,19H,3-5,10-14,21H2,1-2H3,(H,22,25)(H,23,26)/t19-/m0/s1. The lowest BCUT2D eigenvalue weighted by Crippen LogP contribution is -2.47. The average molecular weight is 361 g/mol. The van der Waals surface area contributed by atoms with Crippen LogP contribution in [0.4, 0.5) is 0 Å². The van der Waals surface area contributed by atoms with Gasteiger partial charge in [-0.05, 0) is 43.0 Å². The van der Waals surface area contributed by atoms with E-state index in [0.29, 0.717) is 6.54 Å². The number of carbonyl (C=O) groups is 2. The maximum atomic E-state index is 11.9. The molecule has 1 heterocycles. The summed E-state index contributed by atoms with van der Waals surface area (Å²) in [5, 5.41) is 5.39. The normalized spacial score (nSPS) is 16.3. The molecule has 6 heteroatoms. The van der Waals surface area contributed by atoms with Gasteiger partial charge in [-0.3, -0.25) is 14.5 Å². The van der Waals surface area contributed by atoms with Crippen molar-refractivity contribution in [2.45, 2.75) is 52.2 Å². The molecule has 0 radical (unpaired) electrons. The van der Waals surface area contributed by atoms with Gasteiger partial charge < -0.3 is 16.4 Å². The monoisotopic (exact) mass is 360 g/mol. The van der Waals surface area contributed by atoms with Crippen molar-refractivity contribution in [3.8, 4) is 0 Å². The van der Waals surface area contributed by atoms with Crippen LogP contribution < -0.4 is 16.4 Å². The molecular formula is C20H32N4O2. The highest BCUT2D eigenvalue weighted by atomic mass is 16.2. The van der Waals surface area contributed by atoms with E-state index in [-0.39, 0.29) is 24.3 Å². The van der Waals surface area contributed by atoms with Crippen LogP contribution in [0.15, 0.2) is 24.3 Å². The van der Waals surface area contributed by atoms with Crippen molar-refractivity contribution in [1.82, 2.24) is 15.5 Å². The second-order valence-electron chi connectivity index (χ2n) is 7.42. The molecule has 1 atom stereocenters. The van der Waals surface area contributed by atoms with Crippen molar-refractivity contribution in [2.75, 3.05) is 19.6 Å². The van der Waals surface area contributed by atoms with E-state index in [1.807, 2.05) is 26.0 Å². The predicted molar refractivity (Wildman–Crippen MR) is 103 cm³/mol. The Balaban J connectivity index is 1.70. The van der Waals surface area contributed by atoms with Gasteiger partial charge in [-0.25, -0.2) is 0 Å². The summed E-state index contributed by atoms with van der Waals surface area (Å²) in [6, 6.07) is 7.76. The molecule has 2 amide bonds. The molecule has 1 fully saturated rings. The number of hydrogen-bond acceptors (Lipinski definition) is 4. The third-order valence-electron chi connectivity index (χ3n) is 4.81. The van der Waals surface area contributed by atoms with E-state index in [2.05, 4.69) is 27.7 Å². The second-order valence-corrected chi connectivity index (χ2v) is 7.42. The first kappa shape index (κ1) is 20.4. The lowest BCUT2D eigenvalue weighted by Gasteiger charge is -2.26. The minimum Gasteiger partial charge on any atom is -0.350 e. The maximum absolute atomic E-state index is 11.9. The summed E-state index contributed by atoms with van der Waals surface area (Å²) >= 11 is 0. The minimum absolute atomic E-state index is 0.0431. The van der Waals surface area contributed by atoms with Crippen molar-refractivity contribution in [2.24, 2.45) is 11.7 Å². The molecule has 144 valence electrons. The highest BCUT2D eigenvalue weighted by molar-refractivity contribution is 5.87. The Kier molecular flexibility index (Phi) is 8.06. The molecule has 1 aromatic carbocycles. The summed E-state index contributed by atoms with van der Waals surface area (Å²) in [7, 11) is 0. The van der Waals surface area contributed by atoms with Crippen molar-refractivity contribution in [3.63, 3.8) is 0 Å². The third-order valence-corrected chi connectivity index (χ3v) is 4.81. The molecule has 0 saturated carbocycles. The number of nitrogens with zero attached hydrogens (tertiary/aromatic N) is 1. The predicted octanol–water partition coefficient (Wildman–Crippen LogP) is 1.39. The van der Waals surface area contributed by atoms with Crippen LogP contribution in [0.3, 0.4) is 0 Å².